The summed E-state index contributed by atoms with van der Waals surface area (Å²) in [7, 11) is 16.6. The van der Waals surface area contributed by atoms with Crippen LogP contribution in [0, 0.1) is 0 Å². The zero-order valence-corrected chi connectivity index (χ0v) is 21.2. The summed E-state index contributed by atoms with van der Waals surface area (Å²) in [6.45, 7) is 0. The van der Waals surface area contributed by atoms with E-state index in [9.17, 15) is 4.79 Å². The van der Waals surface area contributed by atoms with Crippen molar-refractivity contribution in [2.45, 2.75) is 0 Å². The third kappa shape index (κ3) is 4.15. The summed E-state index contributed by atoms with van der Waals surface area (Å²) in [5.74, 6) is 0.341. The minimum absolute atomic E-state index is 0.158. The van der Waals surface area contributed by atoms with Crippen LogP contribution in [0.1, 0.15) is 5.56 Å². The summed E-state index contributed by atoms with van der Waals surface area (Å²) >= 11 is 0. The molecule has 0 spiro atoms. The molecule has 4 aromatic rings. The van der Waals surface area contributed by atoms with E-state index in [1.54, 1.807) is 12.5 Å². The summed E-state index contributed by atoms with van der Waals surface area (Å²) in [5, 5.41) is 3.88. The van der Waals surface area contributed by atoms with Gasteiger partial charge >= 0.3 is 0 Å². The number of aromatic nitrogens is 4. The van der Waals surface area contributed by atoms with Gasteiger partial charge in [-0.05, 0) is 23.2 Å². The molecule has 0 fully saturated rings. The normalized spacial score (nSPS) is 11.9. The molecule has 0 saturated heterocycles. The average Bonchev–Trinajstić information content (AvgIpc) is 3.26. The number of fused-ring (bicyclic) bond motifs is 1. The topological polar surface area (TPSA) is 72.7 Å². The largest absolute Gasteiger partial charge is 0.334 e. The van der Waals surface area contributed by atoms with Crippen LogP contribution in [0.3, 0.4) is 0 Å². The standard InChI is InChI=1S/C21H24B7N5O/c1-33-7-29-6-11(33)9-2-8-3-12(31-5-10(8)30-4-9)32-21(34)20(28)16(24)13-14(22)17(25)19(27)18(26)15(13)23/h2-7H,22-28H2,1H3,(H,31,32,34)/b20-16+. The molecule has 0 saturated carbocycles. The van der Waals surface area contributed by atoms with Crippen molar-refractivity contribution in [3.8, 4) is 11.3 Å². The fourth-order valence-corrected chi connectivity index (χ4v) is 4.51. The molecule has 0 bridgehead atoms. The van der Waals surface area contributed by atoms with E-state index >= 15 is 0 Å². The predicted molar refractivity (Wildman–Crippen MR) is 162 cm³/mol. The second-order valence-corrected chi connectivity index (χ2v) is 9.08. The van der Waals surface area contributed by atoms with Crippen LogP contribution in [0.4, 0.5) is 5.82 Å². The van der Waals surface area contributed by atoms with Gasteiger partial charge in [0.1, 0.15) is 60.7 Å². The number of nitrogens with zero attached hydrogens (tertiary/aromatic N) is 4. The summed E-state index contributed by atoms with van der Waals surface area (Å²) in [6.07, 6.45) is 7.06. The van der Waals surface area contributed by atoms with Crippen LogP contribution < -0.4 is 32.6 Å². The van der Waals surface area contributed by atoms with Crippen LogP contribution >= 0.6 is 0 Å². The number of anilines is 1. The van der Waals surface area contributed by atoms with E-state index < -0.39 is 0 Å². The van der Waals surface area contributed by atoms with Crippen LogP contribution in [-0.4, -0.2) is 80.4 Å². The van der Waals surface area contributed by atoms with Gasteiger partial charge in [0.25, 0.3) is 0 Å². The van der Waals surface area contributed by atoms with Gasteiger partial charge in [0, 0.05) is 24.2 Å². The molecule has 0 aliphatic heterocycles. The van der Waals surface area contributed by atoms with Crippen LogP contribution in [0.5, 0.6) is 0 Å². The number of hydrogen-bond acceptors (Lipinski definition) is 4. The maximum atomic E-state index is 13.2. The molecule has 0 atom stereocenters. The average molecular weight is 438 g/mol. The Hall–Kier alpha value is -3.35. The molecule has 160 valence electrons. The van der Waals surface area contributed by atoms with E-state index in [0.29, 0.717) is 11.3 Å². The molecule has 0 aliphatic rings. The first kappa shape index (κ1) is 23.8. The molecule has 6 nitrogen and oxygen atoms in total. The van der Waals surface area contributed by atoms with E-state index in [2.05, 4.69) is 59.5 Å². The maximum absolute atomic E-state index is 13.2. The van der Waals surface area contributed by atoms with Crippen molar-refractivity contribution in [1.29, 1.82) is 0 Å². The van der Waals surface area contributed by atoms with Crippen LogP contribution in [0.15, 0.2) is 42.5 Å². The lowest BCUT2D eigenvalue weighted by Crippen LogP contribution is -2.56. The number of nitrogens with one attached hydrogen (secondary N) is 1. The number of imidazole rings is 1. The highest BCUT2D eigenvalue weighted by atomic mass is 16.1. The second-order valence-electron chi connectivity index (χ2n) is 9.08. The molecular formula is C21H24B7N5O. The smallest absolute Gasteiger partial charge is 0.242 e. The number of carbonyl (C=O) groups excluding carboxylic acids is 1. The van der Waals surface area contributed by atoms with Gasteiger partial charge in [-0.1, -0.05) is 16.4 Å². The first-order chi connectivity index (χ1) is 16.1. The first-order valence-corrected chi connectivity index (χ1v) is 11.4. The Morgan fingerprint density at radius 1 is 0.882 bits per heavy atom. The van der Waals surface area contributed by atoms with Gasteiger partial charge in [-0.2, -0.15) is 0 Å². The Morgan fingerprint density at radius 3 is 2.15 bits per heavy atom. The lowest BCUT2D eigenvalue weighted by Gasteiger charge is -2.22. The van der Waals surface area contributed by atoms with Crippen molar-refractivity contribution in [2.24, 2.45) is 7.05 Å². The SMILES string of the molecule is B/C(C(=O)Nc1cc2cc(-c3cncn3C)cnc2cn1)=C(/B)c1c(B)c(B)c(B)c(B)c1B. The van der Waals surface area contributed by atoms with Crippen LogP contribution in [0.2, 0.25) is 0 Å². The number of pyridine rings is 2. The molecule has 0 unspecified atom stereocenters. The Morgan fingerprint density at radius 2 is 1.53 bits per heavy atom. The van der Waals surface area contributed by atoms with Crippen molar-refractivity contribution >= 4 is 110 Å². The van der Waals surface area contributed by atoms with Gasteiger partial charge in [0.05, 0.1) is 29.9 Å². The van der Waals surface area contributed by atoms with E-state index in [4.69, 9.17) is 0 Å². The number of amides is 1. The van der Waals surface area contributed by atoms with Crippen molar-refractivity contribution in [3.63, 3.8) is 0 Å². The molecule has 3 heterocycles. The first-order valence-electron chi connectivity index (χ1n) is 11.4. The van der Waals surface area contributed by atoms with E-state index in [0.717, 1.165) is 33.2 Å². The Kier molecular flexibility index (Phi) is 6.39. The Balaban J connectivity index is 1.68. The fourth-order valence-electron chi connectivity index (χ4n) is 4.51. The maximum Gasteiger partial charge on any atom is 0.242 e. The second kappa shape index (κ2) is 9.13. The van der Waals surface area contributed by atoms with E-state index in [1.807, 2.05) is 51.8 Å². The monoisotopic (exact) mass is 439 g/mol. The van der Waals surface area contributed by atoms with Crippen LogP contribution in [0.25, 0.3) is 27.6 Å². The molecule has 4 rings (SSSR count). The minimum Gasteiger partial charge on any atom is -0.334 e. The quantitative estimate of drug-likeness (QED) is 0.254. The number of aryl methyl sites for hydroxylation is 1. The third-order valence-corrected chi connectivity index (χ3v) is 7.20. The molecule has 34 heavy (non-hydrogen) atoms. The van der Waals surface area contributed by atoms with Crippen molar-refractivity contribution < 1.29 is 4.79 Å². The highest BCUT2D eigenvalue weighted by Gasteiger charge is 2.17. The van der Waals surface area contributed by atoms with Gasteiger partial charge in [-0.3, -0.25) is 9.78 Å². The molecule has 13 heteroatoms. The number of benzene rings is 1. The molecule has 0 aliphatic carbocycles. The molecule has 3 aromatic heterocycles. The van der Waals surface area contributed by atoms with Gasteiger partial charge < -0.3 is 9.88 Å². The summed E-state index contributed by atoms with van der Waals surface area (Å²) in [6, 6.07) is 3.90. The number of hydrogen-bond donors (Lipinski definition) is 1. The van der Waals surface area contributed by atoms with Gasteiger partial charge in [-0.15, -0.1) is 16.4 Å². The fraction of sp³-hybridized carbons (Fsp3) is 0.0476. The lowest BCUT2D eigenvalue weighted by atomic mass is 9.57. The molecule has 0 radical (unpaired) electrons. The molecular weight excluding hydrogens is 414 g/mol. The third-order valence-electron chi connectivity index (χ3n) is 7.20. The Labute approximate surface area is 206 Å². The Bertz CT molecular complexity index is 1470. The van der Waals surface area contributed by atoms with Gasteiger partial charge in [0.2, 0.25) is 5.91 Å². The molecule has 1 amide bonds. The summed E-state index contributed by atoms with van der Waals surface area (Å²) in [5.41, 5.74) is 11.8. The highest BCUT2D eigenvalue weighted by Crippen LogP contribution is 2.23. The summed E-state index contributed by atoms with van der Waals surface area (Å²) in [4.78, 5) is 26.3. The van der Waals surface area contributed by atoms with Gasteiger partial charge in [0.15, 0.2) is 0 Å². The minimum atomic E-state index is -0.158. The van der Waals surface area contributed by atoms with Crippen molar-refractivity contribution in [2.75, 3.05) is 5.32 Å². The lowest BCUT2D eigenvalue weighted by molar-refractivity contribution is -0.112. The van der Waals surface area contributed by atoms with Crippen molar-refractivity contribution in [1.82, 2.24) is 19.5 Å². The highest BCUT2D eigenvalue weighted by molar-refractivity contribution is 6.70. The van der Waals surface area contributed by atoms with Gasteiger partial charge in [-0.25, -0.2) is 9.97 Å². The molecule has 1 N–H and O–H groups in total. The number of carbonyl (C=O) groups is 1. The van der Waals surface area contributed by atoms with E-state index in [1.165, 1.54) is 27.3 Å². The molecule has 1 aromatic carbocycles. The zero-order valence-electron chi connectivity index (χ0n) is 21.2. The number of rotatable bonds is 4. The van der Waals surface area contributed by atoms with Crippen molar-refractivity contribution in [3.05, 3.63) is 48.1 Å². The summed E-state index contributed by atoms with van der Waals surface area (Å²) < 4.78 is 1.95. The van der Waals surface area contributed by atoms with Crippen LogP contribution in [-0.2, 0) is 11.8 Å². The predicted octanol–water partition coefficient (Wildman–Crippen LogP) is -7.10. The zero-order chi connectivity index (χ0) is 24.7. The van der Waals surface area contributed by atoms with E-state index in [-0.39, 0.29) is 5.91 Å².